The second-order valence-electron chi connectivity index (χ2n) is 9.25. The highest BCUT2D eigenvalue weighted by atomic mass is 35.5. The summed E-state index contributed by atoms with van der Waals surface area (Å²) in [4.78, 5) is 15.7. The van der Waals surface area contributed by atoms with Crippen LogP contribution >= 0.6 is 11.6 Å². The van der Waals surface area contributed by atoms with Crippen molar-refractivity contribution in [3.63, 3.8) is 0 Å². The maximum absolute atomic E-state index is 13.3. The lowest BCUT2D eigenvalue weighted by atomic mass is 9.90. The molecule has 0 saturated carbocycles. The van der Waals surface area contributed by atoms with Gasteiger partial charge in [-0.15, -0.1) is 0 Å². The summed E-state index contributed by atoms with van der Waals surface area (Å²) >= 11 is 6.05. The molecule has 34 heavy (non-hydrogen) atoms. The lowest BCUT2D eigenvalue weighted by molar-refractivity contribution is -0.133. The summed E-state index contributed by atoms with van der Waals surface area (Å²) in [5.41, 5.74) is 3.29. The van der Waals surface area contributed by atoms with Gasteiger partial charge in [0.15, 0.2) is 0 Å². The second kappa shape index (κ2) is 10.6. The van der Waals surface area contributed by atoms with Crippen molar-refractivity contribution in [2.45, 2.75) is 38.1 Å². The molecule has 0 radical (unpaired) electrons. The molecule has 3 heterocycles. The number of piperidine rings is 1. The molecule has 176 valence electrons. The number of hydrogen-bond donors (Lipinski definition) is 0. The fourth-order valence-corrected chi connectivity index (χ4v) is 5.12. The Morgan fingerprint density at radius 1 is 1.00 bits per heavy atom. The number of amides is 1. The van der Waals surface area contributed by atoms with Crippen molar-refractivity contribution >= 4 is 23.2 Å². The van der Waals surface area contributed by atoms with Crippen molar-refractivity contribution in [3.8, 4) is 0 Å². The zero-order valence-electron chi connectivity index (χ0n) is 19.3. The molecule has 1 amide bonds. The lowest BCUT2D eigenvalue weighted by Gasteiger charge is -2.32. The average Bonchev–Trinajstić information content (AvgIpc) is 3.55. The van der Waals surface area contributed by atoms with Crippen LogP contribution in [-0.4, -0.2) is 41.2 Å². The van der Waals surface area contributed by atoms with Crippen molar-refractivity contribution in [1.29, 1.82) is 0 Å². The van der Waals surface area contributed by atoms with E-state index in [9.17, 15) is 4.79 Å². The van der Waals surface area contributed by atoms with Gasteiger partial charge < -0.3 is 9.32 Å². The number of hydrogen-bond acceptors (Lipinski definition) is 4. The highest BCUT2D eigenvalue weighted by Gasteiger charge is 2.35. The summed E-state index contributed by atoms with van der Waals surface area (Å²) in [5.74, 6) is 1.53. The Hall–Kier alpha value is -2.89. The minimum atomic E-state index is -0.204. The molecule has 1 fully saturated rings. The van der Waals surface area contributed by atoms with Gasteiger partial charge in [0, 0.05) is 24.4 Å². The normalized spacial score (nSPS) is 19.4. The van der Waals surface area contributed by atoms with Crippen LogP contribution in [0.15, 0.2) is 82.5 Å². The fourth-order valence-electron chi connectivity index (χ4n) is 4.99. The molecular weight excluding hydrogens is 446 g/mol. The van der Waals surface area contributed by atoms with Crippen LogP contribution in [0.25, 0.3) is 0 Å². The highest BCUT2D eigenvalue weighted by molar-refractivity contribution is 6.30. The molecule has 1 aromatic heterocycles. The van der Waals surface area contributed by atoms with E-state index >= 15 is 0 Å². The molecule has 2 aliphatic rings. The van der Waals surface area contributed by atoms with Crippen LogP contribution in [0, 0.1) is 5.92 Å². The first kappa shape index (κ1) is 22.9. The average molecular weight is 476 g/mol. The van der Waals surface area contributed by atoms with Gasteiger partial charge in [0.1, 0.15) is 11.8 Å². The van der Waals surface area contributed by atoms with Crippen LogP contribution in [0.2, 0.25) is 5.02 Å². The number of halogens is 1. The van der Waals surface area contributed by atoms with Crippen LogP contribution in [-0.2, 0) is 11.2 Å². The van der Waals surface area contributed by atoms with E-state index < -0.39 is 0 Å². The first-order chi connectivity index (χ1) is 16.7. The predicted molar refractivity (Wildman–Crippen MR) is 135 cm³/mol. The van der Waals surface area contributed by atoms with Crippen LogP contribution in [0.1, 0.15) is 48.6 Å². The summed E-state index contributed by atoms with van der Waals surface area (Å²) in [6.45, 7) is 2.86. The Labute approximate surface area is 206 Å². The van der Waals surface area contributed by atoms with Gasteiger partial charge in [-0.1, -0.05) is 54.1 Å². The number of carbonyl (C=O) groups is 1. The van der Waals surface area contributed by atoms with E-state index in [4.69, 9.17) is 21.1 Å². The number of hydrazone groups is 1. The molecule has 5 nitrogen and oxygen atoms in total. The smallest absolute Gasteiger partial charge is 0.244 e. The molecule has 1 atom stereocenters. The topological polar surface area (TPSA) is 49.1 Å². The van der Waals surface area contributed by atoms with Gasteiger partial charge in [0.05, 0.1) is 12.0 Å². The summed E-state index contributed by atoms with van der Waals surface area (Å²) in [7, 11) is 0. The molecule has 2 aromatic carbocycles. The van der Waals surface area contributed by atoms with E-state index in [-0.39, 0.29) is 11.9 Å². The third-order valence-electron chi connectivity index (χ3n) is 6.93. The molecule has 5 rings (SSSR count). The molecule has 2 aliphatic heterocycles. The van der Waals surface area contributed by atoms with Gasteiger partial charge in [-0.3, -0.25) is 4.79 Å². The molecule has 6 heteroatoms. The van der Waals surface area contributed by atoms with E-state index in [1.165, 1.54) is 18.4 Å². The van der Waals surface area contributed by atoms with Crippen LogP contribution in [0.5, 0.6) is 0 Å². The Morgan fingerprint density at radius 2 is 1.76 bits per heavy atom. The Balaban J connectivity index is 1.18. The van der Waals surface area contributed by atoms with E-state index in [0.717, 1.165) is 49.0 Å². The van der Waals surface area contributed by atoms with Crippen molar-refractivity contribution in [2.75, 3.05) is 19.6 Å². The number of rotatable bonds is 7. The standard InChI is InChI=1S/C28H30ClN3O2/c29-24-10-8-23(9-11-24)25-20-26(27-7-4-18-34-27)32(30-25)28(33)14-17-31-15-12-22(13-16-31)19-21-5-2-1-3-6-21/h1-11,18,22,26H,12-17,19-20H2/t26-/m1/s1. The van der Waals surface area contributed by atoms with Gasteiger partial charge in [0.2, 0.25) is 5.91 Å². The van der Waals surface area contributed by atoms with E-state index in [2.05, 4.69) is 35.2 Å². The molecule has 1 saturated heterocycles. The molecule has 0 bridgehead atoms. The summed E-state index contributed by atoms with van der Waals surface area (Å²) < 4.78 is 5.66. The van der Waals surface area contributed by atoms with Crippen molar-refractivity contribution in [2.24, 2.45) is 11.0 Å². The Bertz CT molecular complexity index is 1100. The summed E-state index contributed by atoms with van der Waals surface area (Å²) in [5, 5.41) is 7.04. The number of furan rings is 1. The lowest BCUT2D eigenvalue weighted by Crippen LogP contribution is -2.37. The van der Waals surface area contributed by atoms with Gasteiger partial charge in [0.25, 0.3) is 0 Å². The van der Waals surface area contributed by atoms with Crippen molar-refractivity contribution < 1.29 is 9.21 Å². The molecule has 0 spiro atoms. The third kappa shape index (κ3) is 5.43. The van der Waals surface area contributed by atoms with E-state index in [1.807, 2.05) is 36.4 Å². The zero-order valence-corrected chi connectivity index (χ0v) is 20.0. The largest absolute Gasteiger partial charge is 0.467 e. The third-order valence-corrected chi connectivity index (χ3v) is 7.18. The van der Waals surface area contributed by atoms with Gasteiger partial charge in [-0.2, -0.15) is 5.10 Å². The SMILES string of the molecule is O=C(CCN1CCC(Cc2ccccc2)CC1)N1N=C(c2ccc(Cl)cc2)C[C@@H]1c1ccco1. The highest BCUT2D eigenvalue weighted by Crippen LogP contribution is 2.34. The Morgan fingerprint density at radius 3 is 2.47 bits per heavy atom. The monoisotopic (exact) mass is 475 g/mol. The second-order valence-corrected chi connectivity index (χ2v) is 9.69. The molecular formula is C28H30ClN3O2. The van der Waals surface area contributed by atoms with E-state index in [1.54, 1.807) is 11.3 Å². The molecule has 0 N–H and O–H groups in total. The summed E-state index contributed by atoms with van der Waals surface area (Å²) in [6, 6.07) is 21.9. The van der Waals surface area contributed by atoms with Crippen LogP contribution in [0.4, 0.5) is 0 Å². The number of benzene rings is 2. The Kier molecular flexibility index (Phi) is 7.12. The number of nitrogens with zero attached hydrogens (tertiary/aromatic N) is 3. The zero-order chi connectivity index (χ0) is 23.3. The van der Waals surface area contributed by atoms with Gasteiger partial charge in [-0.05, 0) is 73.7 Å². The number of likely N-dealkylation sites (tertiary alicyclic amines) is 1. The maximum atomic E-state index is 13.3. The fraction of sp³-hybridized carbons (Fsp3) is 0.357. The van der Waals surface area contributed by atoms with Crippen LogP contribution < -0.4 is 0 Å². The quantitative estimate of drug-likeness (QED) is 0.424. The molecule has 0 aliphatic carbocycles. The maximum Gasteiger partial charge on any atom is 0.244 e. The summed E-state index contributed by atoms with van der Waals surface area (Å²) in [6.07, 6.45) is 6.25. The minimum absolute atomic E-state index is 0.0387. The molecule has 0 unspecified atom stereocenters. The first-order valence-corrected chi connectivity index (χ1v) is 12.5. The number of carbonyl (C=O) groups excluding carboxylic acids is 1. The predicted octanol–water partition coefficient (Wildman–Crippen LogP) is 5.96. The van der Waals surface area contributed by atoms with Crippen molar-refractivity contribution in [3.05, 3.63) is 94.9 Å². The van der Waals surface area contributed by atoms with Gasteiger partial charge >= 0.3 is 0 Å². The van der Waals surface area contributed by atoms with Crippen LogP contribution in [0.3, 0.4) is 0 Å². The van der Waals surface area contributed by atoms with E-state index in [0.29, 0.717) is 17.9 Å². The molecule has 3 aromatic rings. The minimum Gasteiger partial charge on any atom is -0.467 e. The van der Waals surface area contributed by atoms with Crippen molar-refractivity contribution in [1.82, 2.24) is 9.91 Å². The first-order valence-electron chi connectivity index (χ1n) is 12.1. The van der Waals surface area contributed by atoms with Gasteiger partial charge in [-0.25, -0.2) is 5.01 Å².